The van der Waals surface area contributed by atoms with Crippen LogP contribution < -0.4 is 30.1 Å². The summed E-state index contributed by atoms with van der Waals surface area (Å²) in [5, 5.41) is 0.950. The van der Waals surface area contributed by atoms with Gasteiger partial charge in [-0.25, -0.2) is 0 Å². The first kappa shape index (κ1) is 38.5. The third-order valence-corrected chi connectivity index (χ3v) is 11.1. The molecule has 0 atom stereocenters. The summed E-state index contributed by atoms with van der Waals surface area (Å²) in [4.78, 5) is 0. The lowest BCUT2D eigenvalue weighted by Crippen LogP contribution is -2.29. The average Bonchev–Trinajstić information content (AvgIpc) is 2.99. The van der Waals surface area contributed by atoms with E-state index in [0.717, 1.165) is 18.8 Å². The maximum atomic E-state index is 15.8. The van der Waals surface area contributed by atoms with Crippen LogP contribution in [0.4, 0.5) is 0 Å². The van der Waals surface area contributed by atoms with E-state index < -0.39 is 37.5 Å². The molecule has 260 valence electrons. The molecule has 0 spiro atoms. The van der Waals surface area contributed by atoms with Crippen molar-refractivity contribution in [1.29, 1.82) is 0 Å². The van der Waals surface area contributed by atoms with Crippen LogP contribution in [0.1, 0.15) is 19.3 Å². The summed E-state index contributed by atoms with van der Waals surface area (Å²) >= 11 is 0. The Hall–Kier alpha value is -2.98. The lowest BCUT2D eigenvalue weighted by atomic mass is 10.3. The highest BCUT2D eigenvalue weighted by Crippen LogP contribution is 2.49. The molecule has 0 amide bonds. The van der Waals surface area contributed by atoms with E-state index in [1.54, 1.807) is 72.8 Å². The van der Waals surface area contributed by atoms with E-state index in [0.29, 0.717) is 15.9 Å². The van der Waals surface area contributed by atoms with Gasteiger partial charge >= 0.3 is 0 Å². The standard InChI is InChI=1S/C30H39O13PS3/c1-45(32,33)41-22-10-19-38-25-13-4-7-16-28(25)44(31,29-17-8-5-14-26(29)39-20-11-23-42-46(2,34)35)30-18-9-6-15-27(30)40-21-12-24-43-47(3,36)37/h4-9,13-18H,10-12,19-24H2,1-3H3. The molecule has 0 aliphatic rings. The minimum absolute atomic E-state index is 0.0590. The molecule has 17 heteroatoms. The Kier molecular flexibility index (Phi) is 14.3. The van der Waals surface area contributed by atoms with Gasteiger partial charge < -0.3 is 18.8 Å². The van der Waals surface area contributed by atoms with E-state index in [1.807, 2.05) is 0 Å². The van der Waals surface area contributed by atoms with Gasteiger partial charge in [-0.15, -0.1) is 0 Å². The smallest absolute Gasteiger partial charge is 0.264 e. The van der Waals surface area contributed by atoms with Crippen LogP contribution in [-0.2, 0) is 47.5 Å². The first-order valence-electron chi connectivity index (χ1n) is 14.4. The quantitative estimate of drug-likeness (QED) is 0.0888. The Labute approximate surface area is 276 Å². The number of rotatable bonds is 21. The molecular formula is C30H39O13PS3. The van der Waals surface area contributed by atoms with Crippen molar-refractivity contribution in [3.8, 4) is 17.2 Å². The minimum Gasteiger partial charge on any atom is -0.493 e. The summed E-state index contributed by atoms with van der Waals surface area (Å²) in [6, 6.07) is 20.2. The molecule has 0 aliphatic heterocycles. The summed E-state index contributed by atoms with van der Waals surface area (Å²) < 4.78 is 116. The van der Waals surface area contributed by atoms with Crippen LogP contribution in [0.15, 0.2) is 72.8 Å². The summed E-state index contributed by atoms with van der Waals surface area (Å²) in [6.45, 7) is -0.120. The van der Waals surface area contributed by atoms with E-state index >= 15 is 4.57 Å². The number of ether oxygens (including phenoxy) is 3. The predicted molar refractivity (Wildman–Crippen MR) is 179 cm³/mol. The van der Waals surface area contributed by atoms with Crippen LogP contribution in [0, 0.1) is 0 Å². The maximum absolute atomic E-state index is 15.8. The Balaban J connectivity index is 2.02. The summed E-state index contributed by atoms with van der Waals surface area (Å²) in [5.41, 5.74) is 0. The monoisotopic (exact) mass is 734 g/mol. The van der Waals surface area contributed by atoms with Gasteiger partial charge in [0.25, 0.3) is 30.4 Å². The second-order valence-electron chi connectivity index (χ2n) is 10.2. The highest BCUT2D eigenvalue weighted by Gasteiger charge is 2.37. The second kappa shape index (κ2) is 17.4. The molecule has 3 aromatic carbocycles. The fourth-order valence-electron chi connectivity index (χ4n) is 4.26. The maximum Gasteiger partial charge on any atom is 0.264 e. The third kappa shape index (κ3) is 12.9. The van der Waals surface area contributed by atoms with E-state index in [1.165, 1.54) is 0 Å². The predicted octanol–water partition coefficient (Wildman–Crippen LogP) is 2.56. The molecule has 0 fully saturated rings. The van der Waals surface area contributed by atoms with Gasteiger partial charge in [-0.05, 0) is 36.4 Å². The van der Waals surface area contributed by atoms with E-state index in [4.69, 9.17) is 26.8 Å². The fourth-order valence-corrected chi connectivity index (χ4v) is 8.54. The summed E-state index contributed by atoms with van der Waals surface area (Å²) in [7, 11) is -14.8. The molecule has 0 aliphatic carbocycles. The molecule has 3 rings (SSSR count). The van der Waals surface area contributed by atoms with E-state index in [-0.39, 0.29) is 76.2 Å². The summed E-state index contributed by atoms with van der Waals surface area (Å²) in [5.74, 6) is 0.841. The second-order valence-corrected chi connectivity index (χ2v) is 17.8. The molecule has 0 bridgehead atoms. The molecular weight excluding hydrogens is 695 g/mol. The lowest BCUT2D eigenvalue weighted by Gasteiger charge is -2.26. The topological polar surface area (TPSA) is 175 Å². The van der Waals surface area contributed by atoms with Gasteiger partial charge in [0, 0.05) is 19.3 Å². The first-order chi connectivity index (χ1) is 22.1. The Morgan fingerprint density at radius 1 is 0.447 bits per heavy atom. The molecule has 0 saturated carbocycles. The normalized spacial score (nSPS) is 12.5. The Bertz CT molecular complexity index is 1630. The van der Waals surface area contributed by atoms with Gasteiger partial charge in [0.05, 0.1) is 74.3 Å². The van der Waals surface area contributed by atoms with Gasteiger partial charge in [-0.3, -0.25) is 12.5 Å². The van der Waals surface area contributed by atoms with Crippen LogP contribution in [0.3, 0.4) is 0 Å². The first-order valence-corrected chi connectivity index (χ1v) is 21.6. The largest absolute Gasteiger partial charge is 0.493 e. The van der Waals surface area contributed by atoms with Crippen molar-refractivity contribution in [1.82, 2.24) is 0 Å². The molecule has 0 radical (unpaired) electrons. The van der Waals surface area contributed by atoms with Gasteiger partial charge in [-0.1, -0.05) is 36.4 Å². The van der Waals surface area contributed by atoms with Crippen LogP contribution >= 0.6 is 7.14 Å². The van der Waals surface area contributed by atoms with E-state index in [2.05, 4.69) is 0 Å². The highest BCUT2D eigenvalue weighted by atomic mass is 32.2. The highest BCUT2D eigenvalue weighted by molar-refractivity contribution is 7.86. The van der Waals surface area contributed by atoms with E-state index in [9.17, 15) is 25.3 Å². The molecule has 0 N–H and O–H groups in total. The minimum atomic E-state index is -3.89. The molecule has 0 aromatic heterocycles. The van der Waals surface area contributed by atoms with Crippen molar-refractivity contribution in [2.24, 2.45) is 0 Å². The molecule has 13 nitrogen and oxygen atoms in total. The van der Waals surface area contributed by atoms with Gasteiger partial charge in [-0.2, -0.15) is 25.3 Å². The van der Waals surface area contributed by atoms with Gasteiger partial charge in [0.2, 0.25) is 0 Å². The molecule has 3 aromatic rings. The number of para-hydroxylation sites is 3. The molecule has 0 unspecified atom stereocenters. The summed E-state index contributed by atoms with van der Waals surface area (Å²) in [6.07, 6.45) is 3.56. The van der Waals surface area contributed by atoms with Crippen molar-refractivity contribution in [3.05, 3.63) is 72.8 Å². The van der Waals surface area contributed by atoms with Crippen LogP contribution in [0.5, 0.6) is 17.2 Å². The number of hydrogen-bond donors (Lipinski definition) is 0. The zero-order valence-electron chi connectivity index (χ0n) is 26.3. The number of hydrogen-bond acceptors (Lipinski definition) is 13. The Morgan fingerprint density at radius 2 is 0.702 bits per heavy atom. The lowest BCUT2D eigenvalue weighted by molar-refractivity contribution is 0.253. The molecule has 0 saturated heterocycles. The zero-order chi connectivity index (χ0) is 34.6. The van der Waals surface area contributed by atoms with Gasteiger partial charge in [0.15, 0.2) is 7.14 Å². The van der Waals surface area contributed by atoms with Crippen LogP contribution in [0.2, 0.25) is 0 Å². The van der Waals surface area contributed by atoms with Crippen molar-refractivity contribution in [2.75, 3.05) is 58.4 Å². The molecule has 0 heterocycles. The Morgan fingerprint density at radius 3 is 0.957 bits per heavy atom. The van der Waals surface area contributed by atoms with Gasteiger partial charge in [0.1, 0.15) is 17.2 Å². The fraction of sp³-hybridized carbons (Fsp3) is 0.400. The zero-order valence-corrected chi connectivity index (χ0v) is 29.6. The number of benzene rings is 3. The average molecular weight is 735 g/mol. The van der Waals surface area contributed by atoms with Crippen molar-refractivity contribution in [3.63, 3.8) is 0 Å². The van der Waals surface area contributed by atoms with Crippen LogP contribution in [0.25, 0.3) is 0 Å². The molecule has 47 heavy (non-hydrogen) atoms. The van der Waals surface area contributed by atoms with Crippen LogP contribution in [-0.4, -0.2) is 83.7 Å². The van der Waals surface area contributed by atoms with Crippen molar-refractivity contribution >= 4 is 53.4 Å². The van der Waals surface area contributed by atoms with Crippen molar-refractivity contribution < 1.29 is 56.6 Å². The SMILES string of the molecule is CS(=O)(=O)OCCCOc1ccccc1P(=O)(c1ccccc1OCCCOS(C)(=O)=O)c1ccccc1OCCCOS(C)(=O)=O. The third-order valence-electron chi connectivity index (χ3n) is 6.14. The van der Waals surface area contributed by atoms with Crippen molar-refractivity contribution in [2.45, 2.75) is 19.3 Å².